The molecule has 0 aromatic carbocycles. The van der Waals surface area contributed by atoms with Crippen LogP contribution >= 0.6 is 22.9 Å². The quantitative estimate of drug-likeness (QED) is 0.618. The van der Waals surface area contributed by atoms with Crippen LogP contribution in [0.2, 0.25) is 5.15 Å². The van der Waals surface area contributed by atoms with Gasteiger partial charge in [-0.15, -0.1) is 11.3 Å². The number of nitrogens with zero attached hydrogens (tertiary/aromatic N) is 1. The standard InChI is InChI=1S/C13H12ClNOS/c1-2-4-9-6-7-10(13(14)15-9)12(16)11-5-3-8-17-11/h3,5-8H,2,4H2,1H3. The smallest absolute Gasteiger partial charge is 0.206 e. The van der Waals surface area contributed by atoms with Crippen molar-refractivity contribution in [3.63, 3.8) is 0 Å². The fraction of sp³-hybridized carbons (Fsp3) is 0.231. The SMILES string of the molecule is CCCc1ccc(C(=O)c2cccs2)c(Cl)n1. The summed E-state index contributed by atoms with van der Waals surface area (Å²) in [5.74, 6) is -0.0550. The van der Waals surface area contributed by atoms with Crippen molar-refractivity contribution in [1.29, 1.82) is 0 Å². The van der Waals surface area contributed by atoms with E-state index >= 15 is 0 Å². The molecule has 0 spiro atoms. The first kappa shape index (κ1) is 12.3. The minimum atomic E-state index is -0.0550. The Kier molecular flexibility index (Phi) is 3.92. The third-order valence-electron chi connectivity index (χ3n) is 2.40. The molecule has 0 amide bonds. The van der Waals surface area contributed by atoms with E-state index in [1.807, 2.05) is 17.5 Å². The van der Waals surface area contributed by atoms with Gasteiger partial charge in [0.2, 0.25) is 5.78 Å². The van der Waals surface area contributed by atoms with Crippen LogP contribution < -0.4 is 0 Å². The third-order valence-corrected chi connectivity index (χ3v) is 3.56. The lowest BCUT2D eigenvalue weighted by molar-refractivity contribution is 0.104. The number of rotatable bonds is 4. The van der Waals surface area contributed by atoms with E-state index in [4.69, 9.17) is 11.6 Å². The van der Waals surface area contributed by atoms with Crippen LogP contribution in [0.5, 0.6) is 0 Å². The summed E-state index contributed by atoms with van der Waals surface area (Å²) in [5, 5.41) is 2.18. The number of halogens is 1. The van der Waals surface area contributed by atoms with E-state index < -0.39 is 0 Å². The molecule has 2 nitrogen and oxygen atoms in total. The number of carbonyl (C=O) groups is 1. The van der Waals surface area contributed by atoms with E-state index in [1.165, 1.54) is 11.3 Å². The zero-order chi connectivity index (χ0) is 12.3. The van der Waals surface area contributed by atoms with Gasteiger partial charge in [0.1, 0.15) is 5.15 Å². The molecule has 0 bridgehead atoms. The highest BCUT2D eigenvalue weighted by atomic mass is 35.5. The average Bonchev–Trinajstić information content (AvgIpc) is 2.82. The third kappa shape index (κ3) is 2.73. The molecular weight excluding hydrogens is 254 g/mol. The highest BCUT2D eigenvalue weighted by molar-refractivity contribution is 7.12. The summed E-state index contributed by atoms with van der Waals surface area (Å²) in [7, 11) is 0. The van der Waals surface area contributed by atoms with Gasteiger partial charge in [0, 0.05) is 5.69 Å². The Morgan fingerprint density at radius 3 is 2.82 bits per heavy atom. The molecule has 0 aliphatic rings. The maximum absolute atomic E-state index is 12.1. The predicted octanol–water partition coefficient (Wildman–Crippen LogP) is 3.98. The topological polar surface area (TPSA) is 30.0 Å². The monoisotopic (exact) mass is 265 g/mol. The summed E-state index contributed by atoms with van der Waals surface area (Å²) in [6.07, 6.45) is 1.90. The van der Waals surface area contributed by atoms with Gasteiger partial charge < -0.3 is 0 Å². The number of hydrogen-bond donors (Lipinski definition) is 0. The van der Waals surface area contributed by atoms with Crippen LogP contribution in [0.15, 0.2) is 29.6 Å². The molecule has 2 heterocycles. The minimum absolute atomic E-state index is 0.0550. The maximum Gasteiger partial charge on any atom is 0.206 e. The van der Waals surface area contributed by atoms with E-state index in [0.717, 1.165) is 18.5 Å². The zero-order valence-corrected chi connectivity index (χ0v) is 11.0. The molecule has 0 fully saturated rings. The van der Waals surface area contributed by atoms with Gasteiger partial charge in [-0.3, -0.25) is 4.79 Å². The summed E-state index contributed by atoms with van der Waals surface area (Å²) in [4.78, 5) is 17.0. The molecular formula is C13H12ClNOS. The van der Waals surface area contributed by atoms with Crippen LogP contribution in [0.1, 0.15) is 34.3 Å². The van der Waals surface area contributed by atoms with Crippen molar-refractivity contribution in [3.8, 4) is 0 Å². The number of hydrogen-bond acceptors (Lipinski definition) is 3. The van der Waals surface area contributed by atoms with Gasteiger partial charge in [-0.1, -0.05) is 31.0 Å². The Bertz CT molecular complexity index is 522. The van der Waals surface area contributed by atoms with Crippen molar-refractivity contribution in [1.82, 2.24) is 4.98 Å². The number of thiophene rings is 1. The Morgan fingerprint density at radius 2 is 2.24 bits per heavy atom. The molecule has 0 aliphatic carbocycles. The first-order valence-electron chi connectivity index (χ1n) is 5.46. The summed E-state index contributed by atoms with van der Waals surface area (Å²) in [5.41, 5.74) is 1.41. The second-order valence-electron chi connectivity index (χ2n) is 3.70. The van der Waals surface area contributed by atoms with E-state index in [1.54, 1.807) is 12.1 Å². The lowest BCUT2D eigenvalue weighted by Crippen LogP contribution is -2.02. The van der Waals surface area contributed by atoms with Crippen LogP contribution in [0.3, 0.4) is 0 Å². The average molecular weight is 266 g/mol. The summed E-state index contributed by atoms with van der Waals surface area (Å²) < 4.78 is 0. The molecule has 2 rings (SSSR count). The molecule has 0 saturated carbocycles. The van der Waals surface area contributed by atoms with E-state index in [0.29, 0.717) is 15.6 Å². The molecule has 0 aliphatic heterocycles. The second kappa shape index (κ2) is 5.43. The highest BCUT2D eigenvalue weighted by Gasteiger charge is 2.14. The van der Waals surface area contributed by atoms with Crippen molar-refractivity contribution >= 4 is 28.7 Å². The molecule has 0 atom stereocenters. The van der Waals surface area contributed by atoms with E-state index in [2.05, 4.69) is 11.9 Å². The van der Waals surface area contributed by atoms with Crippen LogP contribution in [0, 0.1) is 0 Å². The maximum atomic E-state index is 12.1. The van der Waals surface area contributed by atoms with Crippen LogP contribution in [0.25, 0.3) is 0 Å². The first-order valence-corrected chi connectivity index (χ1v) is 6.71. The predicted molar refractivity (Wildman–Crippen MR) is 71.0 cm³/mol. The normalized spacial score (nSPS) is 10.5. The van der Waals surface area contributed by atoms with E-state index in [-0.39, 0.29) is 5.78 Å². The zero-order valence-electron chi connectivity index (χ0n) is 9.44. The van der Waals surface area contributed by atoms with Gasteiger partial charge in [0.15, 0.2) is 0 Å². The highest BCUT2D eigenvalue weighted by Crippen LogP contribution is 2.21. The second-order valence-corrected chi connectivity index (χ2v) is 5.00. The molecule has 17 heavy (non-hydrogen) atoms. The van der Waals surface area contributed by atoms with Gasteiger partial charge in [0.25, 0.3) is 0 Å². The number of ketones is 1. The Balaban J connectivity index is 2.31. The lowest BCUT2D eigenvalue weighted by atomic mass is 10.1. The number of carbonyl (C=O) groups excluding carboxylic acids is 1. The molecule has 0 saturated heterocycles. The molecule has 0 N–H and O–H groups in total. The molecule has 0 radical (unpaired) electrons. The number of pyridine rings is 1. The van der Waals surface area contributed by atoms with Gasteiger partial charge in [-0.2, -0.15) is 0 Å². The molecule has 2 aromatic rings. The fourth-order valence-corrected chi connectivity index (χ4v) is 2.51. The molecule has 88 valence electrons. The summed E-state index contributed by atoms with van der Waals surface area (Å²) in [6.45, 7) is 2.08. The van der Waals surface area contributed by atoms with Crippen molar-refractivity contribution in [2.24, 2.45) is 0 Å². The Hall–Kier alpha value is -1.19. The van der Waals surface area contributed by atoms with Crippen molar-refractivity contribution in [2.45, 2.75) is 19.8 Å². The summed E-state index contributed by atoms with van der Waals surface area (Å²) in [6, 6.07) is 7.28. The van der Waals surface area contributed by atoms with Crippen molar-refractivity contribution in [2.75, 3.05) is 0 Å². The summed E-state index contributed by atoms with van der Waals surface area (Å²) >= 11 is 7.46. The Morgan fingerprint density at radius 1 is 1.41 bits per heavy atom. The van der Waals surface area contributed by atoms with Crippen LogP contribution in [-0.4, -0.2) is 10.8 Å². The largest absolute Gasteiger partial charge is 0.288 e. The number of aromatic nitrogens is 1. The van der Waals surface area contributed by atoms with Crippen LogP contribution in [-0.2, 0) is 6.42 Å². The fourth-order valence-electron chi connectivity index (χ4n) is 1.58. The van der Waals surface area contributed by atoms with Gasteiger partial charge in [-0.25, -0.2) is 4.98 Å². The van der Waals surface area contributed by atoms with Crippen LogP contribution in [0.4, 0.5) is 0 Å². The lowest BCUT2D eigenvalue weighted by Gasteiger charge is -2.03. The first-order chi connectivity index (χ1) is 8.22. The van der Waals surface area contributed by atoms with Gasteiger partial charge in [0.05, 0.1) is 10.4 Å². The van der Waals surface area contributed by atoms with Gasteiger partial charge in [-0.05, 0) is 30.0 Å². The molecule has 2 aromatic heterocycles. The van der Waals surface area contributed by atoms with Crippen molar-refractivity contribution in [3.05, 3.63) is 50.9 Å². The minimum Gasteiger partial charge on any atom is -0.288 e. The number of aryl methyl sites for hydroxylation is 1. The Labute approximate surface area is 109 Å². The van der Waals surface area contributed by atoms with Crippen molar-refractivity contribution < 1.29 is 4.79 Å². The molecule has 0 unspecified atom stereocenters. The van der Waals surface area contributed by atoms with E-state index in [9.17, 15) is 4.79 Å². The van der Waals surface area contributed by atoms with Gasteiger partial charge >= 0.3 is 0 Å². The molecule has 4 heteroatoms.